The van der Waals surface area contributed by atoms with E-state index in [1.165, 1.54) is 24.3 Å². The van der Waals surface area contributed by atoms with E-state index in [-0.39, 0.29) is 11.5 Å². The molecule has 146 valence electrons. The number of halogens is 3. The van der Waals surface area contributed by atoms with Crippen LogP contribution in [0.3, 0.4) is 0 Å². The van der Waals surface area contributed by atoms with Crippen LogP contribution in [0.15, 0.2) is 54.6 Å². The summed E-state index contributed by atoms with van der Waals surface area (Å²) in [6.45, 7) is 3.68. The first-order chi connectivity index (χ1) is 13.2. The minimum Gasteiger partial charge on any atom is -0.508 e. The number of aromatic hydroxyl groups is 1. The maximum absolute atomic E-state index is 12.2. The van der Waals surface area contributed by atoms with Crippen molar-refractivity contribution in [2.75, 3.05) is 0 Å². The molecule has 4 nitrogen and oxygen atoms in total. The average Bonchev–Trinajstić information content (AvgIpc) is 2.60. The standard InChI is InChI=1S/C21H18F3NO3/c1-13-11-20(26)19(14(2)25-13)12-15-3-5-16(6-4-15)27-17-7-9-18(10-8-17)28-21(22,23)24/h3-11H,12H2,1-2H3,(H,25,26). The summed E-state index contributed by atoms with van der Waals surface area (Å²) in [4.78, 5) is 4.37. The molecule has 3 aromatic rings. The molecule has 0 aliphatic carbocycles. The highest BCUT2D eigenvalue weighted by Gasteiger charge is 2.30. The number of nitrogens with zero attached hydrogens (tertiary/aromatic N) is 1. The predicted molar refractivity (Wildman–Crippen MR) is 97.8 cm³/mol. The molecular formula is C21H18F3NO3. The zero-order valence-electron chi connectivity index (χ0n) is 15.2. The molecule has 0 radical (unpaired) electrons. The fourth-order valence-corrected chi connectivity index (χ4v) is 2.78. The van der Waals surface area contributed by atoms with Crippen LogP contribution in [0.5, 0.6) is 23.0 Å². The molecule has 0 spiro atoms. The van der Waals surface area contributed by atoms with Crippen LogP contribution >= 0.6 is 0 Å². The second-order valence-electron chi connectivity index (χ2n) is 6.29. The highest BCUT2D eigenvalue weighted by Crippen LogP contribution is 2.28. The molecule has 0 aliphatic rings. The lowest BCUT2D eigenvalue weighted by atomic mass is 10.0. The Morgan fingerprint density at radius 3 is 1.96 bits per heavy atom. The van der Waals surface area contributed by atoms with Gasteiger partial charge in [0.05, 0.1) is 0 Å². The molecular weight excluding hydrogens is 371 g/mol. The average molecular weight is 389 g/mol. The molecule has 0 fully saturated rings. The molecule has 0 aliphatic heterocycles. The van der Waals surface area contributed by atoms with Crippen molar-refractivity contribution in [3.8, 4) is 23.0 Å². The van der Waals surface area contributed by atoms with Crippen molar-refractivity contribution in [2.45, 2.75) is 26.6 Å². The summed E-state index contributed by atoms with van der Waals surface area (Å²) in [5.74, 6) is 0.832. The first-order valence-corrected chi connectivity index (χ1v) is 8.48. The Bertz CT molecular complexity index is 929. The molecule has 3 rings (SSSR count). The van der Waals surface area contributed by atoms with Crippen molar-refractivity contribution in [1.82, 2.24) is 4.98 Å². The van der Waals surface area contributed by atoms with Gasteiger partial charge in [-0.1, -0.05) is 12.1 Å². The van der Waals surface area contributed by atoms with Crippen LogP contribution in [0.4, 0.5) is 13.2 Å². The van der Waals surface area contributed by atoms with Gasteiger partial charge in [-0.05, 0) is 55.8 Å². The van der Waals surface area contributed by atoms with Crippen molar-refractivity contribution in [1.29, 1.82) is 0 Å². The van der Waals surface area contributed by atoms with Gasteiger partial charge in [-0.3, -0.25) is 4.98 Å². The number of aromatic nitrogens is 1. The zero-order valence-corrected chi connectivity index (χ0v) is 15.2. The molecule has 7 heteroatoms. The summed E-state index contributed by atoms with van der Waals surface area (Å²) in [6, 6.07) is 14.0. The summed E-state index contributed by atoms with van der Waals surface area (Å²) >= 11 is 0. The summed E-state index contributed by atoms with van der Waals surface area (Å²) in [6.07, 6.45) is -4.20. The molecule has 28 heavy (non-hydrogen) atoms. The van der Waals surface area contributed by atoms with Crippen molar-refractivity contribution >= 4 is 0 Å². The Labute approximate surface area is 160 Å². The van der Waals surface area contributed by atoms with E-state index in [4.69, 9.17) is 4.74 Å². The number of benzene rings is 2. The molecule has 0 unspecified atom stereocenters. The summed E-state index contributed by atoms with van der Waals surface area (Å²) < 4.78 is 46.0. The lowest BCUT2D eigenvalue weighted by Crippen LogP contribution is -2.16. The zero-order chi connectivity index (χ0) is 20.3. The number of aryl methyl sites for hydroxylation is 2. The number of alkyl halides is 3. The van der Waals surface area contributed by atoms with E-state index in [0.717, 1.165) is 22.5 Å². The maximum atomic E-state index is 12.2. The third-order valence-corrected chi connectivity index (χ3v) is 4.03. The lowest BCUT2D eigenvalue weighted by Gasteiger charge is -2.11. The highest BCUT2D eigenvalue weighted by molar-refractivity contribution is 5.42. The topological polar surface area (TPSA) is 51.6 Å². The van der Waals surface area contributed by atoms with Crippen LogP contribution in [0, 0.1) is 13.8 Å². The Kier molecular flexibility index (Phi) is 5.44. The lowest BCUT2D eigenvalue weighted by molar-refractivity contribution is -0.274. The quantitative estimate of drug-likeness (QED) is 0.609. The number of hydrogen-bond donors (Lipinski definition) is 1. The van der Waals surface area contributed by atoms with Crippen molar-refractivity contribution in [3.05, 3.63) is 77.1 Å². The van der Waals surface area contributed by atoms with E-state index in [1.54, 1.807) is 18.2 Å². The van der Waals surface area contributed by atoms with Gasteiger partial charge in [0.15, 0.2) is 0 Å². The van der Waals surface area contributed by atoms with Crippen molar-refractivity contribution in [2.24, 2.45) is 0 Å². The Morgan fingerprint density at radius 1 is 0.893 bits per heavy atom. The normalized spacial score (nSPS) is 11.3. The van der Waals surface area contributed by atoms with Gasteiger partial charge in [-0.2, -0.15) is 0 Å². The van der Waals surface area contributed by atoms with Crippen LogP contribution in [-0.4, -0.2) is 16.5 Å². The van der Waals surface area contributed by atoms with Crippen LogP contribution < -0.4 is 9.47 Å². The third kappa shape index (κ3) is 5.16. The van der Waals surface area contributed by atoms with Crippen molar-refractivity contribution < 1.29 is 27.8 Å². The molecule has 0 amide bonds. The van der Waals surface area contributed by atoms with E-state index in [0.29, 0.717) is 17.9 Å². The van der Waals surface area contributed by atoms with Crippen LogP contribution in [0.25, 0.3) is 0 Å². The molecule has 2 aromatic carbocycles. The van der Waals surface area contributed by atoms with E-state index < -0.39 is 6.36 Å². The molecule has 0 bridgehead atoms. The van der Waals surface area contributed by atoms with E-state index in [9.17, 15) is 18.3 Å². The minimum absolute atomic E-state index is 0.214. The summed E-state index contributed by atoms with van der Waals surface area (Å²) in [5.41, 5.74) is 3.26. The first kappa shape index (κ1) is 19.5. The SMILES string of the molecule is Cc1cc(O)c(Cc2ccc(Oc3ccc(OC(F)(F)F)cc3)cc2)c(C)n1. The fourth-order valence-electron chi connectivity index (χ4n) is 2.78. The van der Waals surface area contributed by atoms with Crippen LogP contribution in [-0.2, 0) is 6.42 Å². The number of ether oxygens (including phenoxy) is 2. The van der Waals surface area contributed by atoms with Gasteiger partial charge in [0.25, 0.3) is 0 Å². The molecule has 0 saturated heterocycles. The van der Waals surface area contributed by atoms with E-state index in [2.05, 4.69) is 9.72 Å². The second kappa shape index (κ2) is 7.80. The Hall–Kier alpha value is -3.22. The van der Waals surface area contributed by atoms with Crippen LogP contribution in [0.1, 0.15) is 22.5 Å². The Balaban J connectivity index is 1.66. The molecule has 1 aromatic heterocycles. The molecule has 0 saturated carbocycles. The van der Waals surface area contributed by atoms with Gasteiger partial charge >= 0.3 is 6.36 Å². The van der Waals surface area contributed by atoms with Crippen LogP contribution in [0.2, 0.25) is 0 Å². The van der Waals surface area contributed by atoms with E-state index in [1.807, 2.05) is 26.0 Å². The van der Waals surface area contributed by atoms with Gasteiger partial charge in [0, 0.05) is 29.4 Å². The molecule has 0 atom stereocenters. The maximum Gasteiger partial charge on any atom is 0.573 e. The first-order valence-electron chi connectivity index (χ1n) is 8.48. The number of hydrogen-bond acceptors (Lipinski definition) is 4. The Morgan fingerprint density at radius 2 is 1.43 bits per heavy atom. The highest BCUT2D eigenvalue weighted by atomic mass is 19.4. The minimum atomic E-state index is -4.72. The van der Waals surface area contributed by atoms with E-state index >= 15 is 0 Å². The van der Waals surface area contributed by atoms with Gasteiger partial charge in [0.1, 0.15) is 23.0 Å². The van der Waals surface area contributed by atoms with Crippen molar-refractivity contribution in [3.63, 3.8) is 0 Å². The van der Waals surface area contributed by atoms with Gasteiger partial charge in [-0.15, -0.1) is 13.2 Å². The third-order valence-electron chi connectivity index (χ3n) is 4.03. The van der Waals surface area contributed by atoms with Gasteiger partial charge < -0.3 is 14.6 Å². The number of pyridine rings is 1. The summed E-state index contributed by atoms with van der Waals surface area (Å²) in [7, 11) is 0. The number of rotatable bonds is 5. The fraction of sp³-hybridized carbons (Fsp3) is 0.190. The predicted octanol–water partition coefficient (Wildman–Crippen LogP) is 5.69. The van der Waals surface area contributed by atoms with Gasteiger partial charge in [-0.25, -0.2) is 0 Å². The largest absolute Gasteiger partial charge is 0.573 e. The smallest absolute Gasteiger partial charge is 0.508 e. The second-order valence-corrected chi connectivity index (χ2v) is 6.29. The molecule has 1 N–H and O–H groups in total. The summed E-state index contributed by atoms with van der Waals surface area (Å²) in [5, 5.41) is 10.1. The van der Waals surface area contributed by atoms with Gasteiger partial charge in [0.2, 0.25) is 0 Å². The monoisotopic (exact) mass is 389 g/mol. The molecule has 1 heterocycles.